The summed E-state index contributed by atoms with van der Waals surface area (Å²) in [6.45, 7) is 0. The molecule has 5 heteroatoms. The molecule has 76 valence electrons. The molecule has 0 atom stereocenters. The summed E-state index contributed by atoms with van der Waals surface area (Å²) in [6, 6.07) is 4.32. The zero-order chi connectivity index (χ0) is 10.8. The minimum absolute atomic E-state index is 0.149. The molecule has 4 nitrogen and oxygen atoms in total. The summed E-state index contributed by atoms with van der Waals surface area (Å²) in [5.74, 6) is -1.17. The lowest BCUT2D eigenvalue weighted by Crippen LogP contribution is -2.04. The molecule has 0 fully saturated rings. The number of fused-ring (bicyclic) bond motifs is 1. The van der Waals surface area contributed by atoms with Crippen LogP contribution in [-0.2, 0) is 4.74 Å². The van der Waals surface area contributed by atoms with Crippen molar-refractivity contribution in [2.24, 2.45) is 0 Å². The molecule has 0 aliphatic carbocycles. The second-order valence-electron chi connectivity index (χ2n) is 2.89. The third-order valence-electron chi connectivity index (χ3n) is 1.93. The van der Waals surface area contributed by atoms with Crippen LogP contribution in [0.25, 0.3) is 10.9 Å². The minimum atomic E-state index is -0.628. The Balaban J connectivity index is 2.59. The van der Waals surface area contributed by atoms with Gasteiger partial charge in [0, 0.05) is 17.6 Å². The normalized spacial score (nSPS) is 10.3. The fourth-order valence-electron chi connectivity index (χ4n) is 1.21. The Morgan fingerprint density at radius 2 is 2.27 bits per heavy atom. The van der Waals surface area contributed by atoms with E-state index >= 15 is 0 Å². The van der Waals surface area contributed by atoms with Crippen molar-refractivity contribution < 1.29 is 13.9 Å². The van der Waals surface area contributed by atoms with Crippen LogP contribution >= 0.6 is 0 Å². The summed E-state index contributed by atoms with van der Waals surface area (Å²) < 4.78 is 17.3. The van der Waals surface area contributed by atoms with Crippen LogP contribution in [0.15, 0.2) is 24.4 Å². The topological polar surface area (TPSA) is 52.1 Å². The summed E-state index contributed by atoms with van der Waals surface area (Å²) in [6.07, 6.45) is 1.36. The predicted octanol–water partition coefficient (Wildman–Crippen LogP) is 1.56. The maximum atomic E-state index is 12.8. The van der Waals surface area contributed by atoms with Gasteiger partial charge in [0.15, 0.2) is 0 Å². The molecule has 0 aliphatic rings. The first-order valence-corrected chi connectivity index (χ1v) is 4.21. The van der Waals surface area contributed by atoms with Crippen LogP contribution in [0.3, 0.4) is 0 Å². The van der Waals surface area contributed by atoms with E-state index in [1.165, 1.54) is 25.4 Å². The van der Waals surface area contributed by atoms with Crippen LogP contribution in [-0.4, -0.2) is 23.0 Å². The molecule has 0 saturated heterocycles. The van der Waals surface area contributed by atoms with Gasteiger partial charge in [-0.3, -0.25) is 0 Å². The molecule has 0 saturated carbocycles. The van der Waals surface area contributed by atoms with Crippen molar-refractivity contribution in [2.75, 3.05) is 7.11 Å². The Morgan fingerprint density at radius 1 is 1.47 bits per heavy atom. The van der Waals surface area contributed by atoms with Crippen molar-refractivity contribution in [1.29, 1.82) is 0 Å². The van der Waals surface area contributed by atoms with Gasteiger partial charge in [-0.25, -0.2) is 14.8 Å². The highest BCUT2D eigenvalue weighted by atomic mass is 19.1. The molecule has 0 amide bonds. The van der Waals surface area contributed by atoms with E-state index in [4.69, 9.17) is 0 Å². The smallest absolute Gasteiger partial charge is 0.356 e. The predicted molar refractivity (Wildman–Crippen MR) is 50.8 cm³/mol. The largest absolute Gasteiger partial charge is 0.464 e. The number of ether oxygens (including phenoxy) is 1. The lowest BCUT2D eigenvalue weighted by Gasteiger charge is -2.00. The quantitative estimate of drug-likeness (QED) is 0.524. The lowest BCUT2D eigenvalue weighted by atomic mass is 10.2. The Bertz CT molecular complexity index is 528. The van der Waals surface area contributed by atoms with E-state index < -0.39 is 11.9 Å². The molecule has 0 spiro atoms. The van der Waals surface area contributed by atoms with Gasteiger partial charge in [0.1, 0.15) is 5.69 Å². The van der Waals surface area contributed by atoms with Gasteiger partial charge in [0.05, 0.1) is 12.6 Å². The van der Waals surface area contributed by atoms with Gasteiger partial charge < -0.3 is 4.74 Å². The van der Waals surface area contributed by atoms with Crippen molar-refractivity contribution in [2.45, 2.75) is 0 Å². The van der Waals surface area contributed by atoms with E-state index in [-0.39, 0.29) is 5.69 Å². The second-order valence-corrected chi connectivity index (χ2v) is 2.89. The summed E-state index contributed by atoms with van der Waals surface area (Å²) in [5.41, 5.74) is 0.529. The number of rotatable bonds is 1. The molecule has 0 unspecified atom stereocenters. The van der Waals surface area contributed by atoms with Crippen LogP contribution in [0.5, 0.6) is 0 Å². The molecule has 0 aliphatic heterocycles. The number of aromatic nitrogens is 2. The highest BCUT2D eigenvalue weighted by Crippen LogP contribution is 2.12. The zero-order valence-corrected chi connectivity index (χ0v) is 7.90. The van der Waals surface area contributed by atoms with E-state index in [0.717, 1.165) is 0 Å². The van der Waals surface area contributed by atoms with Gasteiger partial charge in [-0.15, -0.1) is 0 Å². The number of nitrogens with zero attached hydrogens (tertiary/aromatic N) is 2. The first-order valence-electron chi connectivity index (χ1n) is 4.21. The summed E-state index contributed by atoms with van der Waals surface area (Å²) in [5, 5.41) is 0.670. The van der Waals surface area contributed by atoms with E-state index in [1.54, 1.807) is 6.07 Å². The first kappa shape index (κ1) is 9.51. The number of carbonyl (C=O) groups is 1. The van der Waals surface area contributed by atoms with Crippen LogP contribution in [0, 0.1) is 5.95 Å². The maximum absolute atomic E-state index is 12.8. The van der Waals surface area contributed by atoms with Gasteiger partial charge in [0.2, 0.25) is 5.95 Å². The highest BCUT2D eigenvalue weighted by Gasteiger charge is 2.08. The van der Waals surface area contributed by atoms with Crippen molar-refractivity contribution >= 4 is 16.9 Å². The number of hydrogen-bond donors (Lipinski definition) is 0. The lowest BCUT2D eigenvalue weighted by molar-refractivity contribution is 0.0594. The molecule has 2 aromatic rings. The molecule has 15 heavy (non-hydrogen) atoms. The molecule has 0 N–H and O–H groups in total. The van der Waals surface area contributed by atoms with Gasteiger partial charge in [-0.1, -0.05) is 0 Å². The molecule has 2 rings (SSSR count). The summed E-state index contributed by atoms with van der Waals surface area (Å²) in [7, 11) is 1.27. The van der Waals surface area contributed by atoms with E-state index in [9.17, 15) is 9.18 Å². The van der Waals surface area contributed by atoms with Gasteiger partial charge in [0.25, 0.3) is 0 Å². The average Bonchev–Trinajstić information content (AvgIpc) is 2.27. The van der Waals surface area contributed by atoms with Crippen LogP contribution in [0.2, 0.25) is 0 Å². The average molecular weight is 206 g/mol. The Morgan fingerprint density at radius 3 is 3.00 bits per heavy atom. The van der Waals surface area contributed by atoms with Crippen molar-refractivity contribution in [3.63, 3.8) is 0 Å². The standard InChI is InChI=1S/C10H7FN2O2/c1-15-10(14)7-3-2-6-5-12-9(11)4-8(6)13-7/h2-5H,1H3. The Kier molecular flexibility index (Phi) is 2.29. The molecular weight excluding hydrogens is 199 g/mol. The number of esters is 1. The zero-order valence-electron chi connectivity index (χ0n) is 7.90. The maximum Gasteiger partial charge on any atom is 0.356 e. The molecule has 0 aromatic carbocycles. The van der Waals surface area contributed by atoms with Gasteiger partial charge in [-0.2, -0.15) is 4.39 Å². The molecule has 0 bridgehead atoms. The fraction of sp³-hybridized carbons (Fsp3) is 0.100. The van der Waals surface area contributed by atoms with E-state index in [1.807, 2.05) is 0 Å². The van der Waals surface area contributed by atoms with Crippen LogP contribution in [0.1, 0.15) is 10.5 Å². The second kappa shape index (κ2) is 3.61. The van der Waals surface area contributed by atoms with Crippen LogP contribution < -0.4 is 0 Å². The third kappa shape index (κ3) is 1.76. The third-order valence-corrected chi connectivity index (χ3v) is 1.93. The number of methoxy groups -OCH3 is 1. The first-order chi connectivity index (χ1) is 7.20. The SMILES string of the molecule is COC(=O)c1ccc2cnc(F)cc2n1. The molecular formula is C10H7FN2O2. The van der Waals surface area contributed by atoms with E-state index in [2.05, 4.69) is 14.7 Å². The van der Waals surface area contributed by atoms with Gasteiger partial charge >= 0.3 is 5.97 Å². The van der Waals surface area contributed by atoms with E-state index in [0.29, 0.717) is 10.9 Å². The Labute approximate surface area is 84.7 Å². The monoisotopic (exact) mass is 206 g/mol. The Hall–Kier alpha value is -2.04. The summed E-state index contributed by atoms with van der Waals surface area (Å²) >= 11 is 0. The summed E-state index contributed by atoms with van der Waals surface area (Å²) in [4.78, 5) is 18.6. The number of carbonyl (C=O) groups excluding carboxylic acids is 1. The number of pyridine rings is 2. The minimum Gasteiger partial charge on any atom is -0.464 e. The number of hydrogen-bond acceptors (Lipinski definition) is 4. The highest BCUT2D eigenvalue weighted by molar-refractivity contribution is 5.90. The van der Waals surface area contributed by atoms with Crippen LogP contribution in [0.4, 0.5) is 4.39 Å². The van der Waals surface area contributed by atoms with Gasteiger partial charge in [-0.05, 0) is 12.1 Å². The molecule has 0 radical (unpaired) electrons. The fourth-order valence-corrected chi connectivity index (χ4v) is 1.21. The van der Waals surface area contributed by atoms with Crippen molar-refractivity contribution in [3.05, 3.63) is 36.0 Å². The molecule has 2 heterocycles. The van der Waals surface area contributed by atoms with Crippen molar-refractivity contribution in [3.8, 4) is 0 Å². The number of halogens is 1. The molecule has 2 aromatic heterocycles. The van der Waals surface area contributed by atoms with Crippen molar-refractivity contribution in [1.82, 2.24) is 9.97 Å².